The summed E-state index contributed by atoms with van der Waals surface area (Å²) >= 11 is 0. The van der Waals surface area contributed by atoms with E-state index in [1.807, 2.05) is 23.3 Å². The Morgan fingerprint density at radius 1 is 0.864 bits per heavy atom. The van der Waals surface area contributed by atoms with Gasteiger partial charge in [0.15, 0.2) is 0 Å². The maximum atomic E-state index is 12.2. The first-order valence-corrected chi connectivity index (χ1v) is 8.80. The maximum absolute atomic E-state index is 12.2. The summed E-state index contributed by atoms with van der Waals surface area (Å²) in [5.74, 6) is -0.244. The third kappa shape index (κ3) is 8.18. The molecule has 0 aromatic heterocycles. The highest BCUT2D eigenvalue weighted by Crippen LogP contribution is 2.09. The van der Waals surface area contributed by atoms with Crippen LogP contribution in [0.3, 0.4) is 0 Å². The molecular formula is C19H31NO2. The lowest BCUT2D eigenvalue weighted by Crippen LogP contribution is -2.29. The van der Waals surface area contributed by atoms with Crippen molar-refractivity contribution < 1.29 is 9.63 Å². The van der Waals surface area contributed by atoms with Gasteiger partial charge in [-0.2, -0.15) is 0 Å². The Balaban J connectivity index is 2.43. The lowest BCUT2D eigenvalue weighted by molar-refractivity contribution is -0.111. The van der Waals surface area contributed by atoms with E-state index in [2.05, 4.69) is 13.8 Å². The van der Waals surface area contributed by atoms with Gasteiger partial charge in [-0.05, 0) is 25.0 Å². The summed E-state index contributed by atoms with van der Waals surface area (Å²) < 4.78 is 0. The van der Waals surface area contributed by atoms with Crippen molar-refractivity contribution in [3.63, 3.8) is 0 Å². The first-order chi connectivity index (χ1) is 10.8. The fraction of sp³-hybridized carbons (Fsp3) is 0.632. The highest BCUT2D eigenvalue weighted by molar-refractivity contribution is 5.89. The Kier molecular flexibility index (Phi) is 10.4. The minimum absolute atomic E-state index is 0.244. The molecule has 0 bridgehead atoms. The molecule has 0 amide bonds. The third-order valence-corrected chi connectivity index (χ3v) is 3.74. The van der Waals surface area contributed by atoms with Gasteiger partial charge in [0, 0.05) is 13.1 Å². The number of hydrogen-bond acceptors (Lipinski definition) is 3. The molecule has 124 valence electrons. The van der Waals surface area contributed by atoms with Crippen LogP contribution in [-0.2, 0) is 4.84 Å². The summed E-state index contributed by atoms with van der Waals surface area (Å²) in [6.45, 7) is 6.09. The Bertz CT molecular complexity index is 380. The highest BCUT2D eigenvalue weighted by Gasteiger charge is 2.13. The van der Waals surface area contributed by atoms with Crippen molar-refractivity contribution >= 4 is 5.97 Å². The van der Waals surface area contributed by atoms with Crippen molar-refractivity contribution in [3.05, 3.63) is 35.9 Å². The quantitative estimate of drug-likeness (QED) is 0.391. The van der Waals surface area contributed by atoms with E-state index in [1.54, 1.807) is 12.1 Å². The third-order valence-electron chi connectivity index (χ3n) is 3.74. The molecule has 0 spiro atoms. The summed E-state index contributed by atoms with van der Waals surface area (Å²) in [7, 11) is 0. The molecule has 1 aromatic carbocycles. The van der Waals surface area contributed by atoms with E-state index in [1.165, 1.54) is 38.5 Å². The van der Waals surface area contributed by atoms with Crippen LogP contribution in [0.4, 0.5) is 0 Å². The molecule has 0 aliphatic rings. The zero-order valence-electron chi connectivity index (χ0n) is 14.2. The largest absolute Gasteiger partial charge is 0.364 e. The van der Waals surface area contributed by atoms with Gasteiger partial charge in [-0.3, -0.25) is 0 Å². The minimum Gasteiger partial charge on any atom is -0.364 e. The molecule has 0 saturated carbocycles. The van der Waals surface area contributed by atoms with Gasteiger partial charge in [0.1, 0.15) is 0 Å². The molecule has 0 aliphatic heterocycles. The zero-order valence-corrected chi connectivity index (χ0v) is 14.2. The summed E-state index contributed by atoms with van der Waals surface area (Å²) in [6.07, 6.45) is 9.51. The van der Waals surface area contributed by atoms with E-state index < -0.39 is 0 Å². The van der Waals surface area contributed by atoms with Crippen LogP contribution in [0.1, 0.15) is 75.6 Å². The predicted octanol–water partition coefficient (Wildman–Crippen LogP) is 5.22. The molecule has 0 unspecified atom stereocenters. The number of carbonyl (C=O) groups excluding carboxylic acids is 1. The van der Waals surface area contributed by atoms with Gasteiger partial charge in [-0.25, -0.2) is 4.79 Å². The van der Waals surface area contributed by atoms with Gasteiger partial charge in [-0.1, -0.05) is 70.6 Å². The number of rotatable bonds is 12. The Morgan fingerprint density at radius 3 is 1.91 bits per heavy atom. The second-order valence-electron chi connectivity index (χ2n) is 5.80. The van der Waals surface area contributed by atoms with E-state index in [0.29, 0.717) is 5.56 Å². The van der Waals surface area contributed by atoms with E-state index in [4.69, 9.17) is 4.84 Å². The number of nitrogens with zero attached hydrogens (tertiary/aromatic N) is 1. The monoisotopic (exact) mass is 305 g/mol. The van der Waals surface area contributed by atoms with Crippen LogP contribution in [0.25, 0.3) is 0 Å². The molecule has 0 heterocycles. The Morgan fingerprint density at radius 2 is 1.41 bits per heavy atom. The molecule has 0 saturated heterocycles. The van der Waals surface area contributed by atoms with Crippen molar-refractivity contribution in [2.24, 2.45) is 0 Å². The van der Waals surface area contributed by atoms with Crippen LogP contribution < -0.4 is 0 Å². The van der Waals surface area contributed by atoms with Crippen LogP contribution in [-0.4, -0.2) is 24.1 Å². The maximum Gasteiger partial charge on any atom is 0.357 e. The van der Waals surface area contributed by atoms with Crippen molar-refractivity contribution in [2.75, 3.05) is 13.1 Å². The average Bonchev–Trinajstić information content (AvgIpc) is 2.56. The zero-order chi connectivity index (χ0) is 16.0. The minimum atomic E-state index is -0.244. The average molecular weight is 305 g/mol. The highest BCUT2D eigenvalue weighted by atomic mass is 16.7. The van der Waals surface area contributed by atoms with Gasteiger partial charge in [-0.15, -0.1) is 5.06 Å². The fourth-order valence-electron chi connectivity index (χ4n) is 2.38. The number of hydroxylamine groups is 2. The van der Waals surface area contributed by atoms with Gasteiger partial charge >= 0.3 is 5.97 Å². The van der Waals surface area contributed by atoms with Gasteiger partial charge in [0.2, 0.25) is 0 Å². The summed E-state index contributed by atoms with van der Waals surface area (Å²) in [5.41, 5.74) is 0.620. The van der Waals surface area contributed by atoms with E-state index >= 15 is 0 Å². The van der Waals surface area contributed by atoms with Crippen molar-refractivity contribution in [1.82, 2.24) is 5.06 Å². The number of carbonyl (C=O) groups is 1. The topological polar surface area (TPSA) is 29.5 Å². The summed E-state index contributed by atoms with van der Waals surface area (Å²) in [4.78, 5) is 17.8. The molecule has 22 heavy (non-hydrogen) atoms. The Hall–Kier alpha value is -1.35. The van der Waals surface area contributed by atoms with Crippen LogP contribution in [0.15, 0.2) is 30.3 Å². The van der Waals surface area contributed by atoms with Crippen LogP contribution in [0, 0.1) is 0 Å². The SMILES string of the molecule is CCCCCCN(CCCCCC)OC(=O)c1ccccc1. The van der Waals surface area contributed by atoms with E-state index in [9.17, 15) is 4.79 Å². The summed E-state index contributed by atoms with van der Waals surface area (Å²) in [6, 6.07) is 9.24. The molecule has 0 atom stereocenters. The molecule has 0 fully saturated rings. The first kappa shape index (κ1) is 18.7. The molecule has 0 N–H and O–H groups in total. The molecular weight excluding hydrogens is 274 g/mol. The van der Waals surface area contributed by atoms with Gasteiger partial charge < -0.3 is 4.84 Å². The van der Waals surface area contributed by atoms with Crippen LogP contribution >= 0.6 is 0 Å². The summed E-state index contributed by atoms with van der Waals surface area (Å²) in [5, 5.41) is 1.86. The number of benzene rings is 1. The molecule has 0 radical (unpaired) electrons. The standard InChI is InChI=1S/C19H31NO2/c1-3-5-7-12-16-20(17-13-8-6-4-2)22-19(21)18-14-10-9-11-15-18/h9-11,14-15H,3-8,12-13,16-17H2,1-2H3. The van der Waals surface area contributed by atoms with Crippen LogP contribution in [0.2, 0.25) is 0 Å². The lowest BCUT2D eigenvalue weighted by Gasteiger charge is -2.21. The van der Waals surface area contributed by atoms with Crippen molar-refractivity contribution in [3.8, 4) is 0 Å². The number of hydrogen-bond donors (Lipinski definition) is 0. The number of unbranched alkanes of at least 4 members (excludes halogenated alkanes) is 6. The van der Waals surface area contributed by atoms with Crippen LogP contribution in [0.5, 0.6) is 0 Å². The smallest absolute Gasteiger partial charge is 0.357 e. The van der Waals surface area contributed by atoms with Crippen molar-refractivity contribution in [2.45, 2.75) is 65.2 Å². The molecule has 3 nitrogen and oxygen atoms in total. The fourth-order valence-corrected chi connectivity index (χ4v) is 2.38. The second kappa shape index (κ2) is 12.2. The predicted molar refractivity (Wildman–Crippen MR) is 91.7 cm³/mol. The Labute approximate surface area is 135 Å². The second-order valence-corrected chi connectivity index (χ2v) is 5.80. The van der Waals surface area contributed by atoms with Gasteiger partial charge in [0.05, 0.1) is 5.56 Å². The van der Waals surface area contributed by atoms with Crippen molar-refractivity contribution in [1.29, 1.82) is 0 Å². The lowest BCUT2D eigenvalue weighted by atomic mass is 10.2. The molecule has 3 heteroatoms. The first-order valence-electron chi connectivity index (χ1n) is 8.80. The van der Waals surface area contributed by atoms with E-state index in [0.717, 1.165) is 25.9 Å². The molecule has 1 aromatic rings. The molecule has 0 aliphatic carbocycles. The normalized spacial score (nSPS) is 10.9. The molecule has 1 rings (SSSR count). The van der Waals surface area contributed by atoms with E-state index in [-0.39, 0.29) is 5.97 Å². The van der Waals surface area contributed by atoms with Gasteiger partial charge in [0.25, 0.3) is 0 Å².